The molecule has 0 radical (unpaired) electrons. The third kappa shape index (κ3) is 2.79. The third-order valence-corrected chi connectivity index (χ3v) is 3.01. The Morgan fingerprint density at radius 1 is 1.25 bits per heavy atom. The van der Waals surface area contributed by atoms with Gasteiger partial charge in [0.05, 0.1) is 5.56 Å². The predicted octanol–water partition coefficient (Wildman–Crippen LogP) is 3.82. The number of aryl methyl sites for hydroxylation is 1. The quantitative estimate of drug-likeness (QED) is 0.922. The van der Waals surface area contributed by atoms with Gasteiger partial charge in [-0.1, -0.05) is 12.1 Å². The van der Waals surface area contributed by atoms with E-state index in [1.165, 1.54) is 6.07 Å². The Labute approximate surface area is 117 Å². The standard InChI is InChI=1S/C16H15FN2O/c1-10-7-16(13(11(2)19)8-14(10)17)20-15-6-4-3-5-12(15)9-18/h3-8,11H,19H2,1-2H3/t11-/m1/s1. The van der Waals surface area contributed by atoms with Crippen LogP contribution in [-0.2, 0) is 0 Å². The molecule has 0 spiro atoms. The van der Waals surface area contributed by atoms with Crippen molar-refractivity contribution < 1.29 is 9.13 Å². The summed E-state index contributed by atoms with van der Waals surface area (Å²) in [5.41, 5.74) is 7.31. The van der Waals surface area contributed by atoms with Crippen LogP contribution in [0.15, 0.2) is 36.4 Å². The van der Waals surface area contributed by atoms with Gasteiger partial charge in [-0.2, -0.15) is 5.26 Å². The second-order valence-corrected chi connectivity index (χ2v) is 4.64. The summed E-state index contributed by atoms with van der Waals surface area (Å²) in [6.07, 6.45) is 0. The highest BCUT2D eigenvalue weighted by molar-refractivity contribution is 5.48. The number of halogens is 1. The zero-order valence-corrected chi connectivity index (χ0v) is 11.4. The summed E-state index contributed by atoms with van der Waals surface area (Å²) in [7, 11) is 0. The monoisotopic (exact) mass is 270 g/mol. The van der Waals surface area contributed by atoms with Crippen molar-refractivity contribution in [1.82, 2.24) is 0 Å². The molecular weight excluding hydrogens is 255 g/mol. The minimum Gasteiger partial charge on any atom is -0.456 e. The van der Waals surface area contributed by atoms with Gasteiger partial charge in [-0.3, -0.25) is 0 Å². The van der Waals surface area contributed by atoms with Crippen LogP contribution in [0.5, 0.6) is 11.5 Å². The largest absolute Gasteiger partial charge is 0.456 e. The number of hydrogen-bond acceptors (Lipinski definition) is 3. The Kier molecular flexibility index (Phi) is 4.02. The predicted molar refractivity (Wildman–Crippen MR) is 75.0 cm³/mol. The molecule has 0 saturated heterocycles. The maximum Gasteiger partial charge on any atom is 0.145 e. The van der Waals surface area contributed by atoms with Gasteiger partial charge in [0.15, 0.2) is 0 Å². The number of benzene rings is 2. The molecule has 0 bridgehead atoms. The molecule has 2 N–H and O–H groups in total. The van der Waals surface area contributed by atoms with E-state index in [-0.39, 0.29) is 11.9 Å². The molecule has 0 saturated carbocycles. The number of para-hydroxylation sites is 1. The Balaban J connectivity index is 2.48. The van der Waals surface area contributed by atoms with Crippen molar-refractivity contribution >= 4 is 0 Å². The lowest BCUT2D eigenvalue weighted by molar-refractivity contribution is 0.467. The van der Waals surface area contributed by atoms with Crippen LogP contribution in [0.25, 0.3) is 0 Å². The van der Waals surface area contributed by atoms with E-state index in [9.17, 15) is 4.39 Å². The maximum atomic E-state index is 13.6. The first-order valence-electron chi connectivity index (χ1n) is 6.25. The molecule has 0 aromatic heterocycles. The van der Waals surface area contributed by atoms with Crippen LogP contribution >= 0.6 is 0 Å². The summed E-state index contributed by atoms with van der Waals surface area (Å²) < 4.78 is 19.4. The summed E-state index contributed by atoms with van der Waals surface area (Å²) in [6, 6.07) is 11.6. The molecule has 0 unspecified atom stereocenters. The van der Waals surface area contributed by atoms with Crippen LogP contribution in [0.2, 0.25) is 0 Å². The van der Waals surface area contributed by atoms with Crippen LogP contribution in [0.4, 0.5) is 4.39 Å². The molecule has 20 heavy (non-hydrogen) atoms. The zero-order chi connectivity index (χ0) is 14.7. The minimum absolute atomic E-state index is 0.321. The van der Waals surface area contributed by atoms with Crippen LogP contribution in [0.3, 0.4) is 0 Å². The van der Waals surface area contributed by atoms with Crippen molar-refractivity contribution in [3.63, 3.8) is 0 Å². The Morgan fingerprint density at radius 2 is 1.95 bits per heavy atom. The van der Waals surface area contributed by atoms with Crippen molar-refractivity contribution in [1.29, 1.82) is 5.26 Å². The lowest BCUT2D eigenvalue weighted by Gasteiger charge is -2.15. The average molecular weight is 270 g/mol. The van der Waals surface area contributed by atoms with Gasteiger partial charge < -0.3 is 10.5 Å². The zero-order valence-electron chi connectivity index (χ0n) is 11.4. The fourth-order valence-electron chi connectivity index (χ4n) is 1.88. The summed E-state index contributed by atoms with van der Waals surface area (Å²) >= 11 is 0. The Hall–Kier alpha value is -2.38. The van der Waals surface area contributed by atoms with Crippen molar-refractivity contribution in [2.24, 2.45) is 5.73 Å². The molecule has 0 amide bonds. The van der Waals surface area contributed by atoms with Gasteiger partial charge in [0.1, 0.15) is 23.4 Å². The Morgan fingerprint density at radius 3 is 2.60 bits per heavy atom. The molecule has 102 valence electrons. The van der Waals surface area contributed by atoms with Crippen molar-refractivity contribution in [2.45, 2.75) is 19.9 Å². The molecule has 2 aromatic carbocycles. The van der Waals surface area contributed by atoms with E-state index in [1.54, 1.807) is 44.2 Å². The number of nitrogens with zero attached hydrogens (tertiary/aromatic N) is 1. The molecular formula is C16H15FN2O. The van der Waals surface area contributed by atoms with E-state index in [0.29, 0.717) is 28.2 Å². The fraction of sp³-hybridized carbons (Fsp3) is 0.188. The smallest absolute Gasteiger partial charge is 0.145 e. The van der Waals surface area contributed by atoms with E-state index >= 15 is 0 Å². The summed E-state index contributed by atoms with van der Waals surface area (Å²) in [4.78, 5) is 0. The third-order valence-electron chi connectivity index (χ3n) is 3.01. The van der Waals surface area contributed by atoms with Gasteiger partial charge in [0, 0.05) is 11.6 Å². The first kappa shape index (κ1) is 14.0. The van der Waals surface area contributed by atoms with E-state index in [0.717, 1.165) is 0 Å². The second-order valence-electron chi connectivity index (χ2n) is 4.64. The molecule has 2 rings (SSSR count). The SMILES string of the molecule is Cc1cc(Oc2ccccc2C#N)c([C@@H](C)N)cc1F. The van der Waals surface area contributed by atoms with E-state index in [2.05, 4.69) is 6.07 Å². The number of hydrogen-bond donors (Lipinski definition) is 1. The van der Waals surface area contributed by atoms with Gasteiger partial charge in [-0.25, -0.2) is 4.39 Å². The van der Waals surface area contributed by atoms with E-state index in [1.807, 2.05) is 0 Å². The second kappa shape index (κ2) is 5.72. The number of nitrogens with two attached hydrogens (primary N) is 1. The molecule has 2 aromatic rings. The molecule has 0 aliphatic rings. The molecule has 3 nitrogen and oxygen atoms in total. The molecule has 0 aliphatic heterocycles. The van der Waals surface area contributed by atoms with Gasteiger partial charge in [-0.15, -0.1) is 0 Å². The van der Waals surface area contributed by atoms with Gasteiger partial charge >= 0.3 is 0 Å². The van der Waals surface area contributed by atoms with Crippen LogP contribution in [-0.4, -0.2) is 0 Å². The lowest BCUT2D eigenvalue weighted by Crippen LogP contribution is -2.08. The van der Waals surface area contributed by atoms with Gasteiger partial charge in [-0.05, 0) is 43.7 Å². The van der Waals surface area contributed by atoms with Gasteiger partial charge in [0.25, 0.3) is 0 Å². The van der Waals surface area contributed by atoms with Crippen LogP contribution < -0.4 is 10.5 Å². The average Bonchev–Trinajstić information content (AvgIpc) is 2.43. The van der Waals surface area contributed by atoms with Crippen molar-refractivity contribution in [3.05, 3.63) is 58.9 Å². The normalized spacial score (nSPS) is 11.8. The highest BCUT2D eigenvalue weighted by Crippen LogP contribution is 2.32. The van der Waals surface area contributed by atoms with Gasteiger partial charge in [0.2, 0.25) is 0 Å². The van der Waals surface area contributed by atoms with Crippen molar-refractivity contribution in [3.8, 4) is 17.6 Å². The molecule has 0 aliphatic carbocycles. The molecule has 1 atom stereocenters. The maximum absolute atomic E-state index is 13.6. The van der Waals surface area contributed by atoms with E-state index in [4.69, 9.17) is 15.7 Å². The number of ether oxygens (including phenoxy) is 1. The Bertz CT molecular complexity index is 675. The van der Waals surface area contributed by atoms with E-state index < -0.39 is 0 Å². The first-order valence-corrected chi connectivity index (χ1v) is 6.25. The first-order chi connectivity index (χ1) is 9.52. The highest BCUT2D eigenvalue weighted by Gasteiger charge is 2.14. The summed E-state index contributed by atoms with van der Waals surface area (Å²) in [5, 5.41) is 9.06. The lowest BCUT2D eigenvalue weighted by atomic mass is 10.0. The fourth-order valence-corrected chi connectivity index (χ4v) is 1.88. The van der Waals surface area contributed by atoms with Crippen LogP contribution in [0.1, 0.15) is 29.7 Å². The minimum atomic E-state index is -0.366. The van der Waals surface area contributed by atoms with Crippen molar-refractivity contribution in [2.75, 3.05) is 0 Å². The molecule has 0 fully saturated rings. The number of rotatable bonds is 3. The number of nitriles is 1. The molecule has 4 heteroatoms. The topological polar surface area (TPSA) is 59.0 Å². The molecule has 0 heterocycles. The highest BCUT2D eigenvalue weighted by atomic mass is 19.1. The summed E-state index contributed by atoms with van der Waals surface area (Å²) in [6.45, 7) is 3.41. The van der Waals surface area contributed by atoms with Crippen LogP contribution in [0, 0.1) is 24.1 Å². The summed E-state index contributed by atoms with van der Waals surface area (Å²) in [5.74, 6) is 0.586.